The third-order valence-corrected chi connectivity index (χ3v) is 1.82. The van der Waals surface area contributed by atoms with E-state index >= 15 is 0 Å². The van der Waals surface area contributed by atoms with Gasteiger partial charge in [0.1, 0.15) is 0 Å². The zero-order chi connectivity index (χ0) is 12.2. The van der Waals surface area contributed by atoms with Crippen LogP contribution in [0, 0.1) is 22.9 Å². The van der Waals surface area contributed by atoms with E-state index in [4.69, 9.17) is 10.5 Å². The summed E-state index contributed by atoms with van der Waals surface area (Å²) in [7, 11) is 0. The maximum absolute atomic E-state index is 7.48. The highest BCUT2D eigenvalue weighted by molar-refractivity contribution is 5.15. The number of nitrogens with one attached hydrogen (secondary N) is 1. The molecule has 1 N–H and O–H groups in total. The lowest BCUT2D eigenvalue weighted by Crippen LogP contribution is -2.24. The molecule has 0 saturated carbocycles. The van der Waals surface area contributed by atoms with Crippen molar-refractivity contribution in [2.24, 2.45) is 0 Å². The molecular weight excluding hydrogens is 200 g/mol. The monoisotopic (exact) mass is 214 g/mol. The second-order valence-electron chi connectivity index (χ2n) is 2.80. The van der Waals surface area contributed by atoms with E-state index in [1.165, 1.54) is 12.4 Å². The van der Waals surface area contributed by atoms with Gasteiger partial charge in [0.05, 0.1) is 6.04 Å². The van der Waals surface area contributed by atoms with Gasteiger partial charge in [0.2, 0.25) is 0 Å². The number of nitriles is 2. The van der Waals surface area contributed by atoms with Crippen LogP contribution in [0.25, 0.3) is 0 Å². The van der Waals surface area contributed by atoms with Crippen LogP contribution in [0.15, 0.2) is 49.9 Å². The van der Waals surface area contributed by atoms with Crippen LogP contribution in [-0.4, -0.2) is 10.9 Å². The first-order chi connectivity index (χ1) is 7.79. The number of allylic oxidation sites excluding steroid dienone is 2. The summed E-state index contributed by atoms with van der Waals surface area (Å²) in [5.74, 6) is 0. The van der Waals surface area contributed by atoms with Gasteiger partial charge < -0.3 is 4.90 Å². The first-order valence-corrected chi connectivity index (χ1v) is 4.69. The topological polar surface area (TPSA) is 62.9 Å². The Balaban J connectivity index is 0.000000385. The molecule has 0 fully saturated rings. The lowest BCUT2D eigenvalue weighted by Gasteiger charge is -2.25. The van der Waals surface area contributed by atoms with Gasteiger partial charge >= 0.3 is 0 Å². The average Bonchev–Trinajstić information content (AvgIpc) is 2.32. The molecule has 1 rings (SSSR count). The summed E-state index contributed by atoms with van der Waals surface area (Å²) in [6, 6.07) is 0.412. The normalized spacial score (nSPS) is 16.1. The predicted octanol–water partition coefficient (Wildman–Crippen LogP) is 2.00. The molecule has 0 aromatic heterocycles. The Kier molecular flexibility index (Phi) is 7.71. The summed E-state index contributed by atoms with van der Waals surface area (Å²) in [6.45, 7) is 7.43. The van der Waals surface area contributed by atoms with Crippen molar-refractivity contribution in [3.05, 3.63) is 49.9 Å². The van der Waals surface area contributed by atoms with Crippen LogP contribution in [0.3, 0.4) is 0 Å². The van der Waals surface area contributed by atoms with Crippen LogP contribution in [0.1, 0.15) is 6.42 Å². The molecule has 0 spiro atoms. The van der Waals surface area contributed by atoms with Gasteiger partial charge in [-0.25, -0.2) is 5.32 Å². The third kappa shape index (κ3) is 5.31. The van der Waals surface area contributed by atoms with Gasteiger partial charge in [-0.2, -0.15) is 10.5 Å². The zero-order valence-corrected chi connectivity index (χ0v) is 9.00. The molecule has 0 aliphatic carbocycles. The Labute approximate surface area is 96.1 Å². The van der Waals surface area contributed by atoms with Crippen LogP contribution < -0.4 is 5.32 Å². The Morgan fingerprint density at radius 1 is 1.31 bits per heavy atom. The molecule has 1 unspecified atom stereocenters. The lowest BCUT2D eigenvalue weighted by atomic mass is 10.1. The molecule has 16 heavy (non-hydrogen) atoms. The molecule has 0 bridgehead atoms. The van der Waals surface area contributed by atoms with Crippen molar-refractivity contribution in [2.75, 3.05) is 0 Å². The maximum atomic E-state index is 7.48. The fourth-order valence-electron chi connectivity index (χ4n) is 1.14. The largest absolute Gasteiger partial charge is 0.348 e. The summed E-state index contributed by atoms with van der Waals surface area (Å²) >= 11 is 0. The first kappa shape index (κ1) is 13.5. The third-order valence-electron chi connectivity index (χ3n) is 1.82. The molecule has 1 atom stereocenters. The van der Waals surface area contributed by atoms with Gasteiger partial charge in [0, 0.05) is 6.20 Å². The number of rotatable bonds is 3. The molecule has 0 radical (unpaired) electrons. The van der Waals surface area contributed by atoms with E-state index in [2.05, 4.69) is 24.1 Å². The minimum Gasteiger partial charge on any atom is -0.348 e. The SMILES string of the molecule is C=CCC1C=CC=CN1C=C.N#CNC#N. The van der Waals surface area contributed by atoms with Gasteiger partial charge in [-0.3, -0.25) is 0 Å². The summed E-state index contributed by atoms with van der Waals surface area (Å²) in [5.41, 5.74) is 0. The van der Waals surface area contributed by atoms with Crippen LogP contribution in [0.5, 0.6) is 0 Å². The molecule has 82 valence electrons. The fourth-order valence-corrected chi connectivity index (χ4v) is 1.14. The van der Waals surface area contributed by atoms with Gasteiger partial charge in [0.15, 0.2) is 12.4 Å². The zero-order valence-electron chi connectivity index (χ0n) is 9.00. The number of hydrogen-bond acceptors (Lipinski definition) is 4. The summed E-state index contributed by atoms with van der Waals surface area (Å²) in [5, 5.41) is 16.7. The second kappa shape index (κ2) is 9.11. The van der Waals surface area contributed by atoms with Gasteiger partial charge in [-0.1, -0.05) is 24.8 Å². The van der Waals surface area contributed by atoms with E-state index in [0.29, 0.717) is 6.04 Å². The quantitative estimate of drug-likeness (QED) is 0.443. The Morgan fingerprint density at radius 3 is 2.44 bits per heavy atom. The van der Waals surface area contributed by atoms with Gasteiger partial charge in [-0.05, 0) is 18.7 Å². The first-order valence-electron chi connectivity index (χ1n) is 4.69. The molecule has 0 saturated heterocycles. The predicted molar refractivity (Wildman–Crippen MR) is 63.3 cm³/mol. The van der Waals surface area contributed by atoms with E-state index in [9.17, 15) is 0 Å². The lowest BCUT2D eigenvalue weighted by molar-refractivity contribution is 0.424. The van der Waals surface area contributed by atoms with Crippen molar-refractivity contribution in [1.29, 1.82) is 10.5 Å². The highest BCUT2D eigenvalue weighted by atomic mass is 15.1. The van der Waals surface area contributed by atoms with Crippen molar-refractivity contribution >= 4 is 0 Å². The molecule has 0 amide bonds. The van der Waals surface area contributed by atoms with E-state index < -0.39 is 0 Å². The second-order valence-corrected chi connectivity index (χ2v) is 2.80. The van der Waals surface area contributed by atoms with Crippen LogP contribution in [0.2, 0.25) is 0 Å². The minimum atomic E-state index is 0.412. The van der Waals surface area contributed by atoms with Crippen molar-refractivity contribution in [1.82, 2.24) is 10.2 Å². The Morgan fingerprint density at radius 2 is 2.00 bits per heavy atom. The van der Waals surface area contributed by atoms with Crippen molar-refractivity contribution < 1.29 is 0 Å². The standard InChI is InChI=1S/C10H13N.C2HN3/c1-3-7-10-8-5-6-9-11(10)4-2;3-1-5-2-4/h3-6,8-10H,1-2,7H2;5H. The molecular formula is C12H14N4. The van der Waals surface area contributed by atoms with Crippen molar-refractivity contribution in [3.8, 4) is 12.4 Å². The van der Waals surface area contributed by atoms with E-state index in [1.54, 1.807) is 5.32 Å². The molecule has 0 aromatic rings. The molecule has 4 heteroatoms. The number of hydrogen-bond donors (Lipinski definition) is 1. The minimum absolute atomic E-state index is 0.412. The van der Waals surface area contributed by atoms with Gasteiger partial charge in [0.25, 0.3) is 0 Å². The average molecular weight is 214 g/mol. The summed E-state index contributed by atoms with van der Waals surface area (Å²) in [6.07, 6.45) is 15.7. The van der Waals surface area contributed by atoms with E-state index in [1.807, 2.05) is 30.6 Å². The smallest absolute Gasteiger partial charge is 0.190 e. The molecule has 1 heterocycles. The maximum Gasteiger partial charge on any atom is 0.190 e. The highest BCUT2D eigenvalue weighted by Gasteiger charge is 2.08. The van der Waals surface area contributed by atoms with Crippen LogP contribution in [-0.2, 0) is 0 Å². The van der Waals surface area contributed by atoms with Crippen molar-refractivity contribution in [3.63, 3.8) is 0 Å². The fraction of sp³-hybridized carbons (Fsp3) is 0.167. The van der Waals surface area contributed by atoms with Crippen LogP contribution in [0.4, 0.5) is 0 Å². The molecule has 1 aliphatic rings. The summed E-state index contributed by atoms with van der Waals surface area (Å²) in [4.78, 5) is 2.07. The van der Waals surface area contributed by atoms with E-state index in [-0.39, 0.29) is 0 Å². The molecule has 1 aliphatic heterocycles. The van der Waals surface area contributed by atoms with Crippen molar-refractivity contribution in [2.45, 2.75) is 12.5 Å². The van der Waals surface area contributed by atoms with Gasteiger partial charge in [-0.15, -0.1) is 6.58 Å². The summed E-state index contributed by atoms with van der Waals surface area (Å²) < 4.78 is 0. The van der Waals surface area contributed by atoms with Crippen LogP contribution >= 0.6 is 0 Å². The Hall–Kier alpha value is -2.46. The number of nitrogens with zero attached hydrogens (tertiary/aromatic N) is 3. The molecule has 4 nitrogen and oxygen atoms in total. The Bertz CT molecular complexity index is 342. The highest BCUT2D eigenvalue weighted by Crippen LogP contribution is 2.11. The van der Waals surface area contributed by atoms with E-state index in [0.717, 1.165) is 6.42 Å². The molecule has 0 aromatic carbocycles.